The van der Waals surface area contributed by atoms with Crippen LogP contribution in [0.15, 0.2) is 58.3 Å². The van der Waals surface area contributed by atoms with Gasteiger partial charge in [0.25, 0.3) is 0 Å². The molecule has 2 fully saturated rings. The van der Waals surface area contributed by atoms with Crippen molar-refractivity contribution in [2.45, 2.75) is 22.9 Å². The van der Waals surface area contributed by atoms with E-state index in [0.717, 1.165) is 65.4 Å². The molecule has 12 nitrogen and oxygen atoms in total. The van der Waals surface area contributed by atoms with E-state index in [1.165, 1.54) is 20.9 Å². The van der Waals surface area contributed by atoms with Gasteiger partial charge >= 0.3 is 0 Å². The first-order chi connectivity index (χ1) is 19.4. The number of hydrogen-bond donors (Lipinski definition) is 4. The van der Waals surface area contributed by atoms with Crippen LogP contribution in [0.5, 0.6) is 0 Å². The van der Waals surface area contributed by atoms with Crippen LogP contribution < -0.4 is 11.5 Å². The van der Waals surface area contributed by atoms with Gasteiger partial charge in [-0.3, -0.25) is 29.0 Å². The van der Waals surface area contributed by atoms with Crippen molar-refractivity contribution in [2.75, 3.05) is 64.9 Å². The van der Waals surface area contributed by atoms with Crippen molar-refractivity contribution in [3.63, 3.8) is 0 Å². The molecule has 0 saturated carbocycles. The molecule has 2 aliphatic heterocycles. The molecular formula is C26H40N8O4S3-2. The van der Waals surface area contributed by atoms with Crippen LogP contribution in [-0.4, -0.2) is 114 Å². The highest BCUT2D eigenvalue weighted by molar-refractivity contribution is 7.98. The zero-order chi connectivity index (χ0) is 30.4. The number of rotatable bonds is 6. The monoisotopic (exact) mass is 624 g/mol. The third-order valence-corrected chi connectivity index (χ3v) is 8.28. The zero-order valence-electron chi connectivity index (χ0n) is 23.5. The molecular weight excluding hydrogens is 585 g/mol. The summed E-state index contributed by atoms with van der Waals surface area (Å²) in [7, 11) is -5.17. The minimum absolute atomic E-state index is 0.194. The number of hydrogen-bond acceptors (Lipinski definition) is 10. The van der Waals surface area contributed by atoms with Crippen LogP contribution in [0.2, 0.25) is 0 Å². The second kappa shape index (κ2) is 17.4. The van der Waals surface area contributed by atoms with Crippen LogP contribution in [0, 0.1) is 10.8 Å². The molecule has 0 spiro atoms. The second-order valence-electron chi connectivity index (χ2n) is 9.33. The number of guanidine groups is 2. The number of benzene rings is 2. The molecule has 0 amide bonds. The van der Waals surface area contributed by atoms with E-state index in [1.807, 2.05) is 9.80 Å². The van der Waals surface area contributed by atoms with Gasteiger partial charge in [0, 0.05) is 85.6 Å². The van der Waals surface area contributed by atoms with E-state index in [9.17, 15) is 0 Å². The molecule has 2 aliphatic rings. The zero-order valence-corrected chi connectivity index (χ0v) is 25.9. The van der Waals surface area contributed by atoms with Crippen LogP contribution in [-0.2, 0) is 23.5 Å². The van der Waals surface area contributed by atoms with E-state index in [0.29, 0.717) is 0 Å². The predicted octanol–water partition coefficient (Wildman–Crippen LogP) is 1.50. The first-order valence-electron chi connectivity index (χ1n) is 12.9. The van der Waals surface area contributed by atoms with E-state index in [2.05, 4.69) is 70.8 Å². The minimum Gasteiger partial charge on any atom is -0.759 e. The molecule has 0 unspecified atom stereocenters. The number of nitrogens with zero attached hydrogens (tertiary/aromatic N) is 4. The molecule has 2 aromatic carbocycles. The molecule has 41 heavy (non-hydrogen) atoms. The maximum Gasteiger partial charge on any atom is 0.188 e. The number of nitrogens with two attached hydrogens (primary N) is 2. The van der Waals surface area contributed by atoms with Crippen LogP contribution in [0.4, 0.5) is 0 Å². The molecule has 228 valence electrons. The lowest BCUT2D eigenvalue weighted by atomic mass is 10.2. The van der Waals surface area contributed by atoms with Crippen molar-refractivity contribution >= 4 is 45.8 Å². The SMILES string of the molecule is CSc1ccccc1CN1CCN(C(=N)N)CC1.CSc1ccccc1CN1CCN(C(=N)N)CC1.O=S(=O)([O-])[O-]. The fourth-order valence-electron chi connectivity index (χ4n) is 4.44. The molecule has 2 saturated heterocycles. The van der Waals surface area contributed by atoms with Gasteiger partial charge in [-0.25, -0.2) is 0 Å². The lowest BCUT2D eigenvalue weighted by Crippen LogP contribution is -2.50. The van der Waals surface area contributed by atoms with E-state index in [-0.39, 0.29) is 11.9 Å². The first-order valence-corrected chi connectivity index (χ1v) is 16.7. The van der Waals surface area contributed by atoms with E-state index >= 15 is 0 Å². The van der Waals surface area contributed by atoms with Gasteiger partial charge in [0.2, 0.25) is 0 Å². The molecule has 0 aromatic heterocycles. The summed E-state index contributed by atoms with van der Waals surface area (Å²) in [6.07, 6.45) is 4.24. The van der Waals surface area contributed by atoms with Crippen molar-refractivity contribution < 1.29 is 17.5 Å². The Morgan fingerprint density at radius 1 is 0.707 bits per heavy atom. The molecule has 6 N–H and O–H groups in total. The van der Waals surface area contributed by atoms with Gasteiger partial charge in [0.1, 0.15) is 0 Å². The topological polar surface area (TPSA) is 193 Å². The highest BCUT2D eigenvalue weighted by Gasteiger charge is 2.19. The van der Waals surface area contributed by atoms with E-state index in [1.54, 1.807) is 23.5 Å². The van der Waals surface area contributed by atoms with Gasteiger partial charge in [0.05, 0.1) is 0 Å². The van der Waals surface area contributed by atoms with Gasteiger partial charge in [-0.1, -0.05) is 36.4 Å². The van der Waals surface area contributed by atoms with Gasteiger partial charge in [0.15, 0.2) is 11.9 Å². The summed E-state index contributed by atoms with van der Waals surface area (Å²) in [6, 6.07) is 17.1. The fourth-order valence-corrected chi connectivity index (χ4v) is 5.66. The van der Waals surface area contributed by atoms with Gasteiger partial charge in [-0.2, -0.15) is 0 Å². The maximum atomic E-state index is 8.52. The van der Waals surface area contributed by atoms with E-state index in [4.69, 9.17) is 39.8 Å². The van der Waals surface area contributed by atoms with Gasteiger partial charge < -0.3 is 30.4 Å². The Balaban J connectivity index is 0.000000247. The molecule has 0 radical (unpaired) electrons. The van der Waals surface area contributed by atoms with Gasteiger partial charge in [-0.05, 0) is 35.8 Å². The normalized spacial score (nSPS) is 16.2. The Morgan fingerprint density at radius 2 is 1.00 bits per heavy atom. The van der Waals surface area contributed by atoms with Crippen LogP contribution in [0.3, 0.4) is 0 Å². The quantitative estimate of drug-likeness (QED) is 0.119. The Hall–Kier alpha value is -2.53. The summed E-state index contributed by atoms with van der Waals surface area (Å²) in [5.74, 6) is 0.387. The van der Waals surface area contributed by atoms with Gasteiger partial charge in [-0.15, -0.1) is 23.5 Å². The number of piperazine rings is 2. The van der Waals surface area contributed by atoms with Crippen molar-refractivity contribution in [1.82, 2.24) is 19.6 Å². The number of nitrogens with one attached hydrogen (secondary N) is 2. The molecule has 0 bridgehead atoms. The summed E-state index contributed by atoms with van der Waals surface area (Å²) in [5.41, 5.74) is 13.8. The lowest BCUT2D eigenvalue weighted by Gasteiger charge is -2.35. The molecule has 0 aliphatic carbocycles. The summed E-state index contributed by atoms with van der Waals surface area (Å²) in [6.45, 7) is 9.31. The first kappa shape index (κ1) is 34.7. The predicted molar refractivity (Wildman–Crippen MR) is 164 cm³/mol. The standard InChI is InChI=1S/2C13H20N4S.H2O4S/c2*1-18-12-5-3-2-4-11(12)10-16-6-8-17(9-7-16)13(14)15;1-5(2,3)4/h2*2-5H,6-10H2,1H3,(H3,14,15);(H2,1,2,3,4)/p-2. The molecule has 2 heterocycles. The fraction of sp³-hybridized carbons (Fsp3) is 0.462. The Kier molecular flexibility index (Phi) is 14.7. The van der Waals surface area contributed by atoms with Crippen molar-refractivity contribution in [3.8, 4) is 0 Å². The average Bonchev–Trinajstić information content (AvgIpc) is 2.94. The van der Waals surface area contributed by atoms with Crippen molar-refractivity contribution in [3.05, 3.63) is 59.7 Å². The average molecular weight is 625 g/mol. The van der Waals surface area contributed by atoms with Crippen LogP contribution in [0.1, 0.15) is 11.1 Å². The smallest absolute Gasteiger partial charge is 0.188 e. The second-order valence-corrected chi connectivity index (χ2v) is 11.8. The number of thioether (sulfide) groups is 2. The van der Waals surface area contributed by atoms with Crippen molar-refractivity contribution in [2.24, 2.45) is 11.5 Å². The summed E-state index contributed by atoms with van der Waals surface area (Å²) in [5, 5.41) is 14.8. The Morgan fingerprint density at radius 3 is 1.27 bits per heavy atom. The lowest BCUT2D eigenvalue weighted by molar-refractivity contribution is 0.173. The Labute approximate surface area is 252 Å². The summed E-state index contributed by atoms with van der Waals surface area (Å²) in [4.78, 5) is 11.4. The molecule has 15 heteroatoms. The Bertz CT molecular complexity index is 1130. The van der Waals surface area contributed by atoms with Crippen LogP contribution >= 0.6 is 23.5 Å². The van der Waals surface area contributed by atoms with E-state index < -0.39 is 10.4 Å². The molecule has 2 aromatic rings. The molecule has 0 atom stereocenters. The summed E-state index contributed by atoms with van der Waals surface area (Å²) < 4.78 is 34.1. The highest BCUT2D eigenvalue weighted by atomic mass is 32.3. The highest BCUT2D eigenvalue weighted by Crippen LogP contribution is 2.22. The maximum absolute atomic E-state index is 8.52. The third kappa shape index (κ3) is 13.3. The molecule has 4 rings (SSSR count). The van der Waals surface area contributed by atoms with Crippen LogP contribution in [0.25, 0.3) is 0 Å². The third-order valence-electron chi connectivity index (χ3n) is 6.60. The van der Waals surface area contributed by atoms with Crippen molar-refractivity contribution in [1.29, 1.82) is 10.8 Å². The summed E-state index contributed by atoms with van der Waals surface area (Å²) >= 11 is 3.60. The minimum atomic E-state index is -5.17. The largest absolute Gasteiger partial charge is 0.759 e.